The van der Waals surface area contributed by atoms with Crippen molar-refractivity contribution in [1.29, 1.82) is 0 Å². The van der Waals surface area contributed by atoms with E-state index in [-0.39, 0.29) is 5.69 Å². The zero-order chi connectivity index (χ0) is 13.0. The molecule has 1 atom stereocenters. The predicted octanol–water partition coefficient (Wildman–Crippen LogP) is 0.712. The minimum Gasteiger partial charge on any atom is -0.480 e. The number of aromatic nitrogens is 2. The van der Waals surface area contributed by atoms with Crippen molar-refractivity contribution in [1.82, 2.24) is 15.1 Å². The lowest BCUT2D eigenvalue weighted by Gasteiger charge is -2.12. The van der Waals surface area contributed by atoms with Crippen LogP contribution in [0.4, 0.5) is 0 Å². The molecule has 0 fully saturated rings. The molecule has 1 rings (SSSR count). The van der Waals surface area contributed by atoms with Crippen LogP contribution in [0.25, 0.3) is 0 Å². The molecule has 94 valence electrons. The van der Waals surface area contributed by atoms with Gasteiger partial charge in [0.1, 0.15) is 11.7 Å². The number of carboxylic acid groups (broad SMARTS) is 1. The highest BCUT2D eigenvalue weighted by atomic mass is 16.4. The zero-order valence-electron chi connectivity index (χ0n) is 10.2. The Morgan fingerprint density at radius 3 is 2.65 bits per heavy atom. The number of aliphatic carboxylic acids is 1. The van der Waals surface area contributed by atoms with E-state index in [4.69, 9.17) is 5.11 Å². The van der Waals surface area contributed by atoms with Crippen LogP contribution in [0, 0.1) is 6.92 Å². The predicted molar refractivity (Wildman–Crippen MR) is 61.7 cm³/mol. The molecule has 0 aliphatic carbocycles. The number of carbonyl (C=O) groups excluding carboxylic acids is 1. The third-order valence-corrected chi connectivity index (χ3v) is 2.53. The Labute approximate surface area is 99.6 Å². The van der Waals surface area contributed by atoms with Crippen LogP contribution in [0.1, 0.15) is 35.9 Å². The number of rotatable bonds is 5. The van der Waals surface area contributed by atoms with Crippen molar-refractivity contribution in [3.05, 3.63) is 17.5 Å². The lowest BCUT2D eigenvalue weighted by molar-refractivity contribution is -0.139. The third-order valence-electron chi connectivity index (χ3n) is 2.53. The van der Waals surface area contributed by atoms with Gasteiger partial charge in [-0.05, 0) is 19.4 Å². The molecule has 6 heteroatoms. The molecule has 6 nitrogen and oxygen atoms in total. The molecule has 0 aliphatic rings. The monoisotopic (exact) mass is 239 g/mol. The molecular formula is C11H17N3O3. The molecule has 0 saturated heterocycles. The summed E-state index contributed by atoms with van der Waals surface area (Å²) in [5.41, 5.74) is 1.09. The van der Waals surface area contributed by atoms with E-state index in [0.29, 0.717) is 12.8 Å². The van der Waals surface area contributed by atoms with Crippen LogP contribution in [-0.4, -0.2) is 32.8 Å². The van der Waals surface area contributed by atoms with Gasteiger partial charge >= 0.3 is 5.97 Å². The molecule has 0 bridgehead atoms. The van der Waals surface area contributed by atoms with Gasteiger partial charge in [0.05, 0.1) is 0 Å². The zero-order valence-corrected chi connectivity index (χ0v) is 10.2. The van der Waals surface area contributed by atoms with E-state index >= 15 is 0 Å². The minimum atomic E-state index is -1.02. The van der Waals surface area contributed by atoms with Crippen molar-refractivity contribution in [3.63, 3.8) is 0 Å². The number of hydrogen-bond acceptors (Lipinski definition) is 3. The molecule has 17 heavy (non-hydrogen) atoms. The van der Waals surface area contributed by atoms with Crippen LogP contribution in [0.5, 0.6) is 0 Å². The van der Waals surface area contributed by atoms with Gasteiger partial charge < -0.3 is 10.4 Å². The quantitative estimate of drug-likeness (QED) is 0.792. The minimum absolute atomic E-state index is 0.243. The molecule has 0 aromatic carbocycles. The highest BCUT2D eigenvalue weighted by Gasteiger charge is 2.21. The van der Waals surface area contributed by atoms with Crippen molar-refractivity contribution in [2.24, 2.45) is 7.05 Å². The Bertz CT molecular complexity index is 406. The number of aryl methyl sites for hydroxylation is 2. The number of carbonyl (C=O) groups is 2. The van der Waals surface area contributed by atoms with E-state index < -0.39 is 17.9 Å². The SMILES string of the molecule is CCCC(NC(=O)c1cc(C)n(C)n1)C(=O)O. The summed E-state index contributed by atoms with van der Waals surface area (Å²) in [6, 6.07) is 0.773. The topological polar surface area (TPSA) is 84.2 Å². The number of nitrogens with one attached hydrogen (secondary N) is 1. The molecule has 1 aromatic rings. The summed E-state index contributed by atoms with van der Waals surface area (Å²) < 4.78 is 1.57. The van der Waals surface area contributed by atoms with Crippen LogP contribution < -0.4 is 5.32 Å². The van der Waals surface area contributed by atoms with Gasteiger partial charge in [-0.3, -0.25) is 9.48 Å². The molecular weight excluding hydrogens is 222 g/mol. The van der Waals surface area contributed by atoms with E-state index in [0.717, 1.165) is 5.69 Å². The van der Waals surface area contributed by atoms with Crippen LogP contribution >= 0.6 is 0 Å². The second-order valence-corrected chi connectivity index (χ2v) is 3.95. The van der Waals surface area contributed by atoms with Crippen LogP contribution in [-0.2, 0) is 11.8 Å². The molecule has 0 spiro atoms. The van der Waals surface area contributed by atoms with Crippen molar-refractivity contribution < 1.29 is 14.7 Å². The number of hydrogen-bond donors (Lipinski definition) is 2. The van der Waals surface area contributed by atoms with E-state index in [1.165, 1.54) is 0 Å². The van der Waals surface area contributed by atoms with Gasteiger partial charge in [-0.25, -0.2) is 4.79 Å². The van der Waals surface area contributed by atoms with Gasteiger partial charge in [0.15, 0.2) is 0 Å². The third kappa shape index (κ3) is 3.30. The average molecular weight is 239 g/mol. The maximum absolute atomic E-state index is 11.7. The van der Waals surface area contributed by atoms with Gasteiger partial charge in [0.25, 0.3) is 5.91 Å². The summed E-state index contributed by atoms with van der Waals surface area (Å²) in [5, 5.41) is 15.4. The van der Waals surface area contributed by atoms with E-state index in [1.54, 1.807) is 17.8 Å². The second kappa shape index (κ2) is 5.47. The Balaban J connectivity index is 2.73. The van der Waals surface area contributed by atoms with Crippen LogP contribution in [0.2, 0.25) is 0 Å². The average Bonchev–Trinajstić information content (AvgIpc) is 2.58. The van der Waals surface area contributed by atoms with Crippen molar-refractivity contribution >= 4 is 11.9 Å². The van der Waals surface area contributed by atoms with Gasteiger partial charge in [0, 0.05) is 12.7 Å². The highest BCUT2D eigenvalue weighted by Crippen LogP contribution is 2.03. The Hall–Kier alpha value is -1.85. The molecule has 1 heterocycles. The fourth-order valence-corrected chi connectivity index (χ4v) is 1.45. The van der Waals surface area contributed by atoms with Crippen LogP contribution in [0.15, 0.2) is 6.07 Å². The number of carboxylic acids is 1. The Kier molecular flexibility index (Phi) is 4.25. The lowest BCUT2D eigenvalue weighted by Crippen LogP contribution is -2.40. The second-order valence-electron chi connectivity index (χ2n) is 3.95. The highest BCUT2D eigenvalue weighted by molar-refractivity contribution is 5.95. The van der Waals surface area contributed by atoms with E-state index in [1.807, 2.05) is 13.8 Å². The van der Waals surface area contributed by atoms with Crippen molar-refractivity contribution in [2.45, 2.75) is 32.7 Å². The number of amides is 1. The largest absolute Gasteiger partial charge is 0.480 e. The fourth-order valence-electron chi connectivity index (χ4n) is 1.45. The summed E-state index contributed by atoms with van der Waals surface area (Å²) in [6.45, 7) is 3.69. The van der Waals surface area contributed by atoms with Crippen molar-refractivity contribution in [2.75, 3.05) is 0 Å². The molecule has 0 radical (unpaired) electrons. The standard InChI is InChI=1S/C11H17N3O3/c1-4-5-8(11(16)17)12-10(15)9-6-7(2)14(3)13-9/h6,8H,4-5H2,1-3H3,(H,12,15)(H,16,17). The summed E-state index contributed by atoms with van der Waals surface area (Å²) in [7, 11) is 1.73. The maximum atomic E-state index is 11.7. The number of nitrogens with zero attached hydrogens (tertiary/aromatic N) is 2. The lowest BCUT2D eigenvalue weighted by atomic mass is 10.1. The van der Waals surface area contributed by atoms with Crippen molar-refractivity contribution in [3.8, 4) is 0 Å². The Morgan fingerprint density at radius 2 is 2.24 bits per heavy atom. The first-order valence-corrected chi connectivity index (χ1v) is 5.50. The van der Waals surface area contributed by atoms with E-state index in [9.17, 15) is 9.59 Å². The van der Waals surface area contributed by atoms with Gasteiger partial charge in [-0.15, -0.1) is 0 Å². The van der Waals surface area contributed by atoms with E-state index in [2.05, 4.69) is 10.4 Å². The molecule has 1 aromatic heterocycles. The Morgan fingerprint density at radius 1 is 1.59 bits per heavy atom. The first-order valence-electron chi connectivity index (χ1n) is 5.50. The summed E-state index contributed by atoms with van der Waals surface area (Å²) in [6.07, 6.45) is 1.10. The van der Waals surface area contributed by atoms with Crippen LogP contribution in [0.3, 0.4) is 0 Å². The summed E-state index contributed by atoms with van der Waals surface area (Å²) >= 11 is 0. The maximum Gasteiger partial charge on any atom is 0.326 e. The van der Waals surface area contributed by atoms with Gasteiger partial charge in [-0.2, -0.15) is 5.10 Å². The molecule has 0 saturated carbocycles. The smallest absolute Gasteiger partial charge is 0.326 e. The summed E-state index contributed by atoms with van der Waals surface area (Å²) in [4.78, 5) is 22.6. The molecule has 0 aliphatic heterocycles. The fraction of sp³-hybridized carbons (Fsp3) is 0.545. The molecule has 1 amide bonds. The summed E-state index contributed by atoms with van der Waals surface area (Å²) in [5.74, 6) is -1.47. The van der Waals surface area contributed by atoms with Gasteiger partial charge in [0.2, 0.25) is 0 Å². The van der Waals surface area contributed by atoms with Gasteiger partial charge in [-0.1, -0.05) is 13.3 Å². The first kappa shape index (κ1) is 13.2. The molecule has 2 N–H and O–H groups in total. The normalized spacial score (nSPS) is 12.2. The first-order chi connectivity index (χ1) is 7.95. The molecule has 1 unspecified atom stereocenters.